The van der Waals surface area contributed by atoms with Gasteiger partial charge in [-0.05, 0) is 25.1 Å². The Morgan fingerprint density at radius 3 is 2.53 bits per heavy atom. The van der Waals surface area contributed by atoms with Gasteiger partial charge in [-0.2, -0.15) is 0 Å². The van der Waals surface area contributed by atoms with Crippen molar-refractivity contribution >= 4 is 23.5 Å². The Morgan fingerprint density at radius 1 is 1.32 bits per heavy atom. The normalized spacial score (nSPS) is 10.1. The minimum atomic E-state index is 0.0262. The van der Waals surface area contributed by atoms with E-state index in [2.05, 4.69) is 0 Å². The molecular formula is C14H19NO3S. The summed E-state index contributed by atoms with van der Waals surface area (Å²) in [5.74, 6) is 1.91. The minimum Gasteiger partial charge on any atom is -0.496 e. The molecule has 1 rings (SSSR count). The van der Waals surface area contributed by atoms with E-state index in [9.17, 15) is 9.59 Å². The SMILES string of the molecule is COc1ccc(C(C)=O)cc1CSCC(=O)N(C)C. The van der Waals surface area contributed by atoms with E-state index in [0.29, 0.717) is 17.1 Å². The Balaban J connectivity index is 2.73. The molecule has 1 amide bonds. The predicted molar refractivity (Wildman–Crippen MR) is 77.9 cm³/mol. The first-order valence-electron chi connectivity index (χ1n) is 5.91. The molecule has 0 radical (unpaired) electrons. The molecule has 0 unspecified atom stereocenters. The zero-order valence-corrected chi connectivity index (χ0v) is 12.5. The average molecular weight is 281 g/mol. The van der Waals surface area contributed by atoms with Gasteiger partial charge in [0.05, 0.1) is 12.9 Å². The first kappa shape index (κ1) is 15.6. The Kier molecular flexibility index (Phi) is 5.89. The van der Waals surface area contributed by atoms with Gasteiger partial charge in [0.2, 0.25) is 5.91 Å². The molecular weight excluding hydrogens is 262 g/mol. The smallest absolute Gasteiger partial charge is 0.232 e. The van der Waals surface area contributed by atoms with Crippen LogP contribution in [0.15, 0.2) is 18.2 Å². The molecule has 0 aromatic heterocycles. The maximum atomic E-state index is 11.5. The first-order valence-corrected chi connectivity index (χ1v) is 7.07. The molecule has 0 aliphatic carbocycles. The number of thioether (sulfide) groups is 1. The van der Waals surface area contributed by atoms with Crippen LogP contribution in [0.2, 0.25) is 0 Å². The zero-order valence-electron chi connectivity index (χ0n) is 11.7. The summed E-state index contributed by atoms with van der Waals surface area (Å²) in [4.78, 5) is 24.4. The van der Waals surface area contributed by atoms with Crippen LogP contribution < -0.4 is 4.74 Å². The van der Waals surface area contributed by atoms with Crippen molar-refractivity contribution in [2.24, 2.45) is 0 Å². The van der Waals surface area contributed by atoms with Crippen LogP contribution in [0.4, 0.5) is 0 Å². The number of ether oxygens (including phenoxy) is 1. The van der Waals surface area contributed by atoms with E-state index < -0.39 is 0 Å². The van der Waals surface area contributed by atoms with Crippen LogP contribution >= 0.6 is 11.8 Å². The Morgan fingerprint density at radius 2 is 2.00 bits per heavy atom. The molecule has 0 atom stereocenters. The molecule has 104 valence electrons. The molecule has 1 aromatic rings. The van der Waals surface area contributed by atoms with Crippen LogP contribution in [0, 0.1) is 0 Å². The molecule has 0 spiro atoms. The van der Waals surface area contributed by atoms with Gasteiger partial charge in [0.15, 0.2) is 5.78 Å². The van der Waals surface area contributed by atoms with Gasteiger partial charge < -0.3 is 9.64 Å². The van der Waals surface area contributed by atoms with Gasteiger partial charge in [-0.3, -0.25) is 9.59 Å². The van der Waals surface area contributed by atoms with Crippen molar-refractivity contribution in [2.45, 2.75) is 12.7 Å². The van der Waals surface area contributed by atoms with Crippen LogP contribution in [0.1, 0.15) is 22.8 Å². The third-order valence-corrected chi connectivity index (χ3v) is 3.64. The summed E-state index contributed by atoms with van der Waals surface area (Å²) in [6.07, 6.45) is 0. The highest BCUT2D eigenvalue weighted by Gasteiger charge is 2.09. The number of methoxy groups -OCH3 is 1. The van der Waals surface area contributed by atoms with Crippen LogP contribution in [0.5, 0.6) is 5.75 Å². The van der Waals surface area contributed by atoms with Gasteiger partial charge >= 0.3 is 0 Å². The van der Waals surface area contributed by atoms with E-state index in [1.165, 1.54) is 18.7 Å². The summed E-state index contributed by atoms with van der Waals surface area (Å²) in [7, 11) is 5.07. The summed E-state index contributed by atoms with van der Waals surface area (Å²) in [5, 5.41) is 0. The number of carbonyl (C=O) groups excluding carboxylic acids is 2. The summed E-state index contributed by atoms with van der Waals surface area (Å²) in [6.45, 7) is 1.54. The molecule has 0 aliphatic heterocycles. The topological polar surface area (TPSA) is 46.6 Å². The average Bonchev–Trinajstić information content (AvgIpc) is 2.38. The fourth-order valence-corrected chi connectivity index (χ4v) is 2.47. The summed E-state index contributed by atoms with van der Waals surface area (Å²) >= 11 is 1.51. The zero-order chi connectivity index (χ0) is 14.4. The largest absolute Gasteiger partial charge is 0.496 e. The second-order valence-electron chi connectivity index (χ2n) is 4.36. The number of carbonyl (C=O) groups is 2. The number of Topliss-reactive ketones (excluding diaryl/α,β-unsaturated/α-hetero) is 1. The number of benzene rings is 1. The lowest BCUT2D eigenvalue weighted by Crippen LogP contribution is -2.23. The van der Waals surface area contributed by atoms with Crippen LogP contribution in [-0.4, -0.2) is 43.5 Å². The van der Waals surface area contributed by atoms with Crippen molar-refractivity contribution in [3.05, 3.63) is 29.3 Å². The lowest BCUT2D eigenvalue weighted by molar-refractivity contribution is -0.125. The highest BCUT2D eigenvalue weighted by atomic mass is 32.2. The Hall–Kier alpha value is -1.49. The molecule has 0 bridgehead atoms. The molecule has 0 saturated carbocycles. The highest BCUT2D eigenvalue weighted by molar-refractivity contribution is 7.99. The number of nitrogens with zero attached hydrogens (tertiary/aromatic N) is 1. The maximum Gasteiger partial charge on any atom is 0.232 e. The molecule has 5 heteroatoms. The fourth-order valence-electron chi connectivity index (χ4n) is 1.49. The molecule has 4 nitrogen and oxygen atoms in total. The Bertz CT molecular complexity index is 472. The lowest BCUT2D eigenvalue weighted by atomic mass is 10.1. The van der Waals surface area contributed by atoms with E-state index in [4.69, 9.17) is 4.74 Å². The Labute approximate surface area is 118 Å². The van der Waals surface area contributed by atoms with E-state index in [0.717, 1.165) is 11.3 Å². The highest BCUT2D eigenvalue weighted by Crippen LogP contribution is 2.24. The van der Waals surface area contributed by atoms with E-state index in [1.807, 2.05) is 6.07 Å². The molecule has 0 saturated heterocycles. The van der Waals surface area contributed by atoms with Gasteiger partial charge in [-0.1, -0.05) is 0 Å². The van der Waals surface area contributed by atoms with Gasteiger partial charge in [-0.25, -0.2) is 0 Å². The minimum absolute atomic E-state index is 0.0262. The van der Waals surface area contributed by atoms with Crippen LogP contribution in [-0.2, 0) is 10.5 Å². The molecule has 0 fully saturated rings. The van der Waals surface area contributed by atoms with Gasteiger partial charge in [0.25, 0.3) is 0 Å². The monoisotopic (exact) mass is 281 g/mol. The molecule has 0 heterocycles. The predicted octanol–water partition coefficient (Wildman–Crippen LogP) is 2.22. The summed E-state index contributed by atoms with van der Waals surface area (Å²) in [6, 6.07) is 5.37. The fraction of sp³-hybridized carbons (Fsp3) is 0.429. The second-order valence-corrected chi connectivity index (χ2v) is 5.35. The molecule has 0 N–H and O–H groups in total. The standard InChI is InChI=1S/C14H19NO3S/c1-10(16)11-5-6-13(18-4)12(7-11)8-19-9-14(17)15(2)3/h5-7H,8-9H2,1-4H3. The molecule has 1 aromatic carbocycles. The van der Waals surface area contributed by atoms with Crippen molar-refractivity contribution in [2.75, 3.05) is 27.0 Å². The molecule has 19 heavy (non-hydrogen) atoms. The maximum absolute atomic E-state index is 11.5. The third kappa shape index (κ3) is 4.59. The van der Waals surface area contributed by atoms with Crippen molar-refractivity contribution in [1.29, 1.82) is 0 Å². The van der Waals surface area contributed by atoms with Crippen LogP contribution in [0.25, 0.3) is 0 Å². The van der Waals surface area contributed by atoms with Gasteiger partial charge in [0, 0.05) is 31.0 Å². The van der Waals surface area contributed by atoms with Gasteiger partial charge in [0.1, 0.15) is 5.75 Å². The quantitative estimate of drug-likeness (QED) is 0.750. The first-order chi connectivity index (χ1) is 8.95. The van der Waals surface area contributed by atoms with E-state index in [-0.39, 0.29) is 11.7 Å². The van der Waals surface area contributed by atoms with Crippen molar-refractivity contribution in [1.82, 2.24) is 4.90 Å². The molecule has 0 aliphatic rings. The number of amides is 1. The number of rotatable bonds is 6. The third-order valence-electron chi connectivity index (χ3n) is 2.67. The number of hydrogen-bond acceptors (Lipinski definition) is 4. The van der Waals surface area contributed by atoms with E-state index in [1.54, 1.807) is 38.2 Å². The van der Waals surface area contributed by atoms with Crippen molar-refractivity contribution < 1.29 is 14.3 Å². The van der Waals surface area contributed by atoms with Crippen molar-refractivity contribution in [3.8, 4) is 5.75 Å². The van der Waals surface area contributed by atoms with Crippen LogP contribution in [0.3, 0.4) is 0 Å². The van der Waals surface area contributed by atoms with E-state index >= 15 is 0 Å². The summed E-state index contributed by atoms with van der Waals surface area (Å²) < 4.78 is 5.27. The van der Waals surface area contributed by atoms with Crippen molar-refractivity contribution in [3.63, 3.8) is 0 Å². The second kappa shape index (κ2) is 7.19. The lowest BCUT2D eigenvalue weighted by Gasteiger charge is -2.11. The number of hydrogen-bond donors (Lipinski definition) is 0. The number of ketones is 1. The van der Waals surface area contributed by atoms with Gasteiger partial charge in [-0.15, -0.1) is 11.8 Å². The summed E-state index contributed by atoms with van der Waals surface area (Å²) in [5.41, 5.74) is 1.60.